The van der Waals surface area contributed by atoms with Crippen LogP contribution in [0.15, 0.2) is 85.2 Å². The molecule has 0 radical (unpaired) electrons. The number of esters is 1. The van der Waals surface area contributed by atoms with E-state index < -0.39 is 0 Å². The van der Waals surface area contributed by atoms with Crippen molar-refractivity contribution in [1.82, 2.24) is 0 Å². The zero-order valence-electron chi connectivity index (χ0n) is 14.5. The van der Waals surface area contributed by atoms with E-state index in [1.807, 2.05) is 85.2 Å². The summed E-state index contributed by atoms with van der Waals surface area (Å²) in [4.78, 5) is 15.7. The molecule has 0 saturated heterocycles. The van der Waals surface area contributed by atoms with Crippen molar-refractivity contribution < 1.29 is 26.9 Å². The third kappa shape index (κ3) is 5.43. The first-order valence-electron chi connectivity index (χ1n) is 8.56. The van der Waals surface area contributed by atoms with Crippen LogP contribution >= 0.6 is 0 Å². The molecule has 1 aromatic heterocycles. The lowest BCUT2D eigenvalue weighted by molar-refractivity contribution is -0.378. The SMILES string of the molecule is O=C(OCCCc1cc[nH+]cc1)C(c1ccccc1)c1ccccc1.[Cl-]. The summed E-state index contributed by atoms with van der Waals surface area (Å²) >= 11 is 0. The van der Waals surface area contributed by atoms with E-state index in [0.29, 0.717) is 6.61 Å². The highest BCUT2D eigenvalue weighted by atomic mass is 35.5. The average Bonchev–Trinajstić information content (AvgIpc) is 2.68. The number of hydrogen-bond donors (Lipinski definition) is 0. The first-order chi connectivity index (χ1) is 12.3. The van der Waals surface area contributed by atoms with Gasteiger partial charge in [0.25, 0.3) is 0 Å². The molecule has 0 unspecified atom stereocenters. The van der Waals surface area contributed by atoms with Gasteiger partial charge in [-0.3, -0.25) is 4.79 Å². The van der Waals surface area contributed by atoms with Gasteiger partial charge in [0, 0.05) is 12.1 Å². The zero-order chi connectivity index (χ0) is 17.3. The minimum absolute atomic E-state index is 0. The van der Waals surface area contributed by atoms with E-state index >= 15 is 0 Å². The number of aromatic nitrogens is 1. The summed E-state index contributed by atoms with van der Waals surface area (Å²) in [7, 11) is 0. The van der Waals surface area contributed by atoms with Crippen LogP contribution in [0.1, 0.15) is 29.0 Å². The van der Waals surface area contributed by atoms with Gasteiger partial charge in [-0.2, -0.15) is 0 Å². The van der Waals surface area contributed by atoms with E-state index in [-0.39, 0.29) is 24.3 Å². The smallest absolute Gasteiger partial charge is 0.317 e. The third-order valence-corrected chi connectivity index (χ3v) is 4.14. The Morgan fingerprint density at radius 3 is 1.92 bits per heavy atom. The molecule has 26 heavy (non-hydrogen) atoms. The quantitative estimate of drug-likeness (QED) is 0.458. The van der Waals surface area contributed by atoms with Gasteiger partial charge in [-0.05, 0) is 29.5 Å². The molecule has 134 valence electrons. The second-order valence-corrected chi connectivity index (χ2v) is 5.93. The number of pyridine rings is 1. The first kappa shape index (κ1) is 19.7. The number of H-pyrrole nitrogens is 1. The Labute approximate surface area is 160 Å². The van der Waals surface area contributed by atoms with Gasteiger partial charge in [-0.15, -0.1) is 0 Å². The molecule has 1 N–H and O–H groups in total. The molecule has 3 nitrogen and oxygen atoms in total. The molecule has 0 spiro atoms. The molecule has 0 aliphatic rings. The number of ether oxygens (including phenoxy) is 1. The molecule has 2 aromatic carbocycles. The lowest BCUT2D eigenvalue weighted by Gasteiger charge is -2.17. The number of rotatable bonds is 7. The number of aromatic amines is 1. The predicted molar refractivity (Wildman–Crippen MR) is 97.0 cm³/mol. The Balaban J connectivity index is 0.00000243. The Bertz CT molecular complexity index is 740. The topological polar surface area (TPSA) is 40.4 Å². The minimum Gasteiger partial charge on any atom is -1.00 e. The van der Waals surface area contributed by atoms with Gasteiger partial charge in [0.15, 0.2) is 12.4 Å². The van der Waals surface area contributed by atoms with Gasteiger partial charge in [0.05, 0.1) is 6.61 Å². The van der Waals surface area contributed by atoms with Gasteiger partial charge < -0.3 is 17.1 Å². The van der Waals surface area contributed by atoms with Gasteiger partial charge in [-0.25, -0.2) is 4.98 Å². The van der Waals surface area contributed by atoms with Crippen molar-refractivity contribution >= 4 is 5.97 Å². The predicted octanol–water partition coefficient (Wildman–Crippen LogP) is 0.813. The monoisotopic (exact) mass is 367 g/mol. The van der Waals surface area contributed by atoms with Crippen molar-refractivity contribution in [3.05, 3.63) is 102 Å². The van der Waals surface area contributed by atoms with Crippen molar-refractivity contribution in [2.45, 2.75) is 18.8 Å². The maximum absolute atomic E-state index is 12.7. The molecule has 0 fully saturated rings. The Morgan fingerprint density at radius 2 is 1.38 bits per heavy atom. The van der Waals surface area contributed by atoms with Gasteiger partial charge in [0.2, 0.25) is 0 Å². The van der Waals surface area contributed by atoms with Crippen LogP contribution in [0, 0.1) is 0 Å². The van der Waals surface area contributed by atoms with Crippen molar-refractivity contribution in [2.24, 2.45) is 0 Å². The van der Waals surface area contributed by atoms with E-state index in [0.717, 1.165) is 24.0 Å². The molecule has 0 amide bonds. The van der Waals surface area contributed by atoms with Crippen LogP contribution in [0.4, 0.5) is 0 Å². The summed E-state index contributed by atoms with van der Waals surface area (Å²) < 4.78 is 5.59. The fraction of sp³-hybridized carbons (Fsp3) is 0.182. The van der Waals surface area contributed by atoms with Crippen molar-refractivity contribution in [3.63, 3.8) is 0 Å². The van der Waals surface area contributed by atoms with Crippen LogP contribution in [-0.2, 0) is 16.0 Å². The molecular formula is C22H22ClNO2. The summed E-state index contributed by atoms with van der Waals surface area (Å²) in [5.41, 5.74) is 3.15. The summed E-state index contributed by atoms with van der Waals surface area (Å²) in [5.74, 6) is -0.576. The fourth-order valence-electron chi connectivity index (χ4n) is 2.88. The standard InChI is InChI=1S/C22H21NO2.ClH/c24-22(25-17-7-8-18-13-15-23-16-14-18)21(19-9-3-1-4-10-19)20-11-5-2-6-12-20;/h1-6,9-16,21H,7-8,17H2;1H. The molecule has 1 heterocycles. The summed E-state index contributed by atoms with van der Waals surface area (Å²) in [6.45, 7) is 0.424. The van der Waals surface area contributed by atoms with E-state index in [9.17, 15) is 4.79 Å². The van der Waals surface area contributed by atoms with Crippen LogP contribution in [0.25, 0.3) is 0 Å². The van der Waals surface area contributed by atoms with Gasteiger partial charge in [-0.1, -0.05) is 60.7 Å². The minimum atomic E-state index is -0.381. The Kier molecular flexibility index (Phi) is 7.84. The number of nitrogens with one attached hydrogen (secondary N) is 1. The molecule has 0 bridgehead atoms. The first-order valence-corrected chi connectivity index (χ1v) is 8.56. The normalized spacial score (nSPS) is 10.2. The van der Waals surface area contributed by atoms with Crippen molar-refractivity contribution in [3.8, 4) is 0 Å². The van der Waals surface area contributed by atoms with E-state index in [1.54, 1.807) is 0 Å². The number of benzene rings is 2. The second-order valence-electron chi connectivity index (χ2n) is 5.93. The van der Waals surface area contributed by atoms with Gasteiger partial charge in [0.1, 0.15) is 5.92 Å². The maximum Gasteiger partial charge on any atom is 0.317 e. The third-order valence-electron chi connectivity index (χ3n) is 4.14. The van der Waals surface area contributed by atoms with Crippen LogP contribution in [0.5, 0.6) is 0 Å². The number of carbonyl (C=O) groups excluding carboxylic acids is 1. The fourth-order valence-corrected chi connectivity index (χ4v) is 2.88. The molecule has 0 aliphatic heterocycles. The molecule has 3 aromatic rings. The lowest BCUT2D eigenvalue weighted by atomic mass is 9.91. The number of halogens is 1. The van der Waals surface area contributed by atoms with Crippen LogP contribution in [0.2, 0.25) is 0 Å². The maximum atomic E-state index is 12.7. The van der Waals surface area contributed by atoms with Crippen LogP contribution in [-0.4, -0.2) is 12.6 Å². The molecule has 0 saturated carbocycles. The molecule has 0 atom stereocenters. The van der Waals surface area contributed by atoms with Crippen LogP contribution in [0.3, 0.4) is 0 Å². The largest absolute Gasteiger partial charge is 1.00 e. The number of hydrogen-bond acceptors (Lipinski definition) is 2. The van der Waals surface area contributed by atoms with Crippen molar-refractivity contribution in [2.75, 3.05) is 6.61 Å². The van der Waals surface area contributed by atoms with Crippen molar-refractivity contribution in [1.29, 1.82) is 0 Å². The Morgan fingerprint density at radius 1 is 0.846 bits per heavy atom. The second kappa shape index (κ2) is 10.4. The van der Waals surface area contributed by atoms with Crippen LogP contribution < -0.4 is 17.4 Å². The molecular weight excluding hydrogens is 346 g/mol. The van der Waals surface area contributed by atoms with E-state index in [1.165, 1.54) is 5.56 Å². The highest BCUT2D eigenvalue weighted by Crippen LogP contribution is 2.26. The highest BCUT2D eigenvalue weighted by Gasteiger charge is 2.23. The number of carbonyl (C=O) groups is 1. The lowest BCUT2D eigenvalue weighted by Crippen LogP contribution is -3.00. The summed E-state index contributed by atoms with van der Waals surface area (Å²) in [6, 6.07) is 23.7. The van der Waals surface area contributed by atoms with Gasteiger partial charge >= 0.3 is 5.97 Å². The number of aryl methyl sites for hydroxylation is 1. The van der Waals surface area contributed by atoms with E-state index in [4.69, 9.17) is 4.74 Å². The summed E-state index contributed by atoms with van der Waals surface area (Å²) in [5, 5.41) is 0. The molecule has 0 aliphatic carbocycles. The Hall–Kier alpha value is -2.65. The summed E-state index contributed by atoms with van der Waals surface area (Å²) in [6.07, 6.45) is 5.51. The zero-order valence-corrected chi connectivity index (χ0v) is 15.2. The molecule has 3 rings (SSSR count). The highest BCUT2D eigenvalue weighted by molar-refractivity contribution is 5.82. The molecule has 4 heteroatoms. The van der Waals surface area contributed by atoms with E-state index in [2.05, 4.69) is 4.98 Å². The average molecular weight is 368 g/mol.